The SMILES string of the molecule is Cl.NNc1c(Br)cccc1Br. The van der Waals surface area contributed by atoms with Crippen LogP contribution in [0.3, 0.4) is 0 Å². The molecule has 0 aliphatic carbocycles. The fourth-order valence-electron chi connectivity index (χ4n) is 0.636. The number of hydrogen-bond donors (Lipinski definition) is 2. The Hall–Kier alpha value is 0.230. The zero-order chi connectivity index (χ0) is 7.56. The van der Waals surface area contributed by atoms with Crippen molar-refractivity contribution >= 4 is 50.0 Å². The topological polar surface area (TPSA) is 38.0 Å². The Morgan fingerprint density at radius 3 is 1.91 bits per heavy atom. The lowest BCUT2D eigenvalue weighted by Gasteiger charge is -2.03. The van der Waals surface area contributed by atoms with E-state index >= 15 is 0 Å². The molecule has 0 aromatic heterocycles. The summed E-state index contributed by atoms with van der Waals surface area (Å²) in [4.78, 5) is 0. The molecule has 0 saturated carbocycles. The van der Waals surface area contributed by atoms with E-state index in [1.807, 2.05) is 18.2 Å². The molecule has 0 spiro atoms. The molecule has 5 heteroatoms. The average Bonchev–Trinajstić information content (AvgIpc) is 1.88. The van der Waals surface area contributed by atoms with Crippen LogP contribution < -0.4 is 11.3 Å². The second kappa shape index (κ2) is 4.98. The van der Waals surface area contributed by atoms with Gasteiger partial charge in [-0.2, -0.15) is 0 Å². The zero-order valence-electron chi connectivity index (χ0n) is 5.47. The van der Waals surface area contributed by atoms with Crippen molar-refractivity contribution in [3.05, 3.63) is 27.1 Å². The standard InChI is InChI=1S/C6H6Br2N2.ClH/c7-4-2-1-3-5(8)6(4)10-9;/h1-3,10H,9H2;1H. The first-order valence-electron chi connectivity index (χ1n) is 2.66. The normalized spacial score (nSPS) is 8.64. The first kappa shape index (κ1) is 11.2. The number of hydrogen-bond acceptors (Lipinski definition) is 2. The summed E-state index contributed by atoms with van der Waals surface area (Å²) in [6, 6.07) is 5.76. The van der Waals surface area contributed by atoms with Crippen LogP contribution in [0, 0.1) is 0 Å². The smallest absolute Gasteiger partial charge is 0.0771 e. The minimum absolute atomic E-state index is 0. The molecular formula is C6H7Br2ClN2. The Balaban J connectivity index is 0.000001000. The number of nitrogens with two attached hydrogens (primary N) is 1. The highest BCUT2D eigenvalue weighted by molar-refractivity contribution is 9.11. The monoisotopic (exact) mass is 300 g/mol. The van der Waals surface area contributed by atoms with Crippen molar-refractivity contribution in [2.45, 2.75) is 0 Å². The predicted octanol–water partition coefficient (Wildman–Crippen LogP) is 2.92. The molecule has 2 nitrogen and oxygen atoms in total. The lowest BCUT2D eigenvalue weighted by atomic mass is 10.3. The van der Waals surface area contributed by atoms with Crippen molar-refractivity contribution in [2.75, 3.05) is 5.43 Å². The number of rotatable bonds is 1. The lowest BCUT2D eigenvalue weighted by molar-refractivity contribution is 1.33. The van der Waals surface area contributed by atoms with Crippen LogP contribution in [0.25, 0.3) is 0 Å². The maximum absolute atomic E-state index is 5.24. The van der Waals surface area contributed by atoms with Crippen molar-refractivity contribution in [1.29, 1.82) is 0 Å². The summed E-state index contributed by atoms with van der Waals surface area (Å²) < 4.78 is 1.90. The van der Waals surface area contributed by atoms with Gasteiger partial charge in [0.1, 0.15) is 0 Å². The highest BCUT2D eigenvalue weighted by Crippen LogP contribution is 2.29. The summed E-state index contributed by atoms with van der Waals surface area (Å²) in [5, 5.41) is 0. The van der Waals surface area contributed by atoms with Gasteiger partial charge in [0.15, 0.2) is 0 Å². The first-order valence-corrected chi connectivity index (χ1v) is 4.25. The van der Waals surface area contributed by atoms with Gasteiger partial charge in [0.2, 0.25) is 0 Å². The van der Waals surface area contributed by atoms with E-state index in [9.17, 15) is 0 Å². The van der Waals surface area contributed by atoms with E-state index < -0.39 is 0 Å². The molecule has 0 amide bonds. The van der Waals surface area contributed by atoms with Crippen LogP contribution >= 0.6 is 44.3 Å². The van der Waals surface area contributed by atoms with Crippen molar-refractivity contribution in [2.24, 2.45) is 5.84 Å². The van der Waals surface area contributed by atoms with Gasteiger partial charge in [0, 0.05) is 8.95 Å². The van der Waals surface area contributed by atoms with Crippen molar-refractivity contribution in [3.63, 3.8) is 0 Å². The van der Waals surface area contributed by atoms with E-state index in [2.05, 4.69) is 37.3 Å². The van der Waals surface area contributed by atoms with E-state index in [0.29, 0.717) is 0 Å². The molecule has 3 N–H and O–H groups in total. The largest absolute Gasteiger partial charge is 0.322 e. The van der Waals surface area contributed by atoms with Crippen LogP contribution in [0.2, 0.25) is 0 Å². The fraction of sp³-hybridized carbons (Fsp3) is 0. The van der Waals surface area contributed by atoms with Crippen LogP contribution in [0.5, 0.6) is 0 Å². The van der Waals surface area contributed by atoms with Gasteiger partial charge in [-0.25, -0.2) is 0 Å². The van der Waals surface area contributed by atoms with Gasteiger partial charge in [0.25, 0.3) is 0 Å². The lowest BCUT2D eigenvalue weighted by Crippen LogP contribution is -2.07. The molecule has 0 fully saturated rings. The molecule has 0 heterocycles. The Morgan fingerprint density at radius 2 is 1.64 bits per heavy atom. The summed E-state index contributed by atoms with van der Waals surface area (Å²) >= 11 is 6.67. The number of nitrogens with one attached hydrogen (secondary N) is 1. The zero-order valence-corrected chi connectivity index (χ0v) is 9.46. The van der Waals surface area contributed by atoms with Gasteiger partial charge in [-0.3, -0.25) is 5.84 Å². The molecule has 62 valence electrons. The number of halogens is 3. The highest BCUT2D eigenvalue weighted by Gasteiger charge is 1.99. The molecule has 0 saturated heterocycles. The van der Waals surface area contributed by atoms with E-state index in [1.54, 1.807) is 0 Å². The van der Waals surface area contributed by atoms with Gasteiger partial charge in [-0.05, 0) is 44.0 Å². The molecule has 1 rings (SSSR count). The van der Waals surface area contributed by atoms with E-state index in [0.717, 1.165) is 14.6 Å². The van der Waals surface area contributed by atoms with Crippen LogP contribution in [0.4, 0.5) is 5.69 Å². The maximum Gasteiger partial charge on any atom is 0.0771 e. The first-order chi connectivity index (χ1) is 4.75. The molecule has 0 atom stereocenters. The van der Waals surface area contributed by atoms with Crippen molar-refractivity contribution in [3.8, 4) is 0 Å². The summed E-state index contributed by atoms with van der Waals surface area (Å²) in [5.41, 5.74) is 3.43. The quantitative estimate of drug-likeness (QED) is 0.618. The third-order valence-corrected chi connectivity index (χ3v) is 2.43. The average molecular weight is 302 g/mol. The molecule has 0 bridgehead atoms. The molecule has 1 aromatic rings. The van der Waals surface area contributed by atoms with Crippen LogP contribution in [0.1, 0.15) is 0 Å². The minimum atomic E-state index is 0. The minimum Gasteiger partial charge on any atom is -0.322 e. The Bertz CT molecular complexity index is 222. The highest BCUT2D eigenvalue weighted by atomic mass is 79.9. The summed E-state index contributed by atoms with van der Waals surface area (Å²) in [6.07, 6.45) is 0. The van der Waals surface area contributed by atoms with Crippen LogP contribution in [-0.2, 0) is 0 Å². The van der Waals surface area contributed by atoms with Gasteiger partial charge in [-0.15, -0.1) is 12.4 Å². The summed E-state index contributed by atoms with van der Waals surface area (Å²) in [6.45, 7) is 0. The third kappa shape index (κ3) is 2.63. The second-order valence-corrected chi connectivity index (χ2v) is 3.45. The Labute approximate surface area is 88.2 Å². The van der Waals surface area contributed by atoms with Gasteiger partial charge < -0.3 is 5.43 Å². The van der Waals surface area contributed by atoms with Crippen molar-refractivity contribution in [1.82, 2.24) is 0 Å². The molecule has 0 aliphatic heterocycles. The molecule has 0 aliphatic rings. The maximum atomic E-state index is 5.24. The van der Waals surface area contributed by atoms with E-state index in [-0.39, 0.29) is 12.4 Å². The Kier molecular flexibility index (Phi) is 5.08. The molecule has 0 radical (unpaired) electrons. The number of para-hydroxylation sites is 1. The second-order valence-electron chi connectivity index (χ2n) is 1.74. The molecule has 0 unspecified atom stereocenters. The van der Waals surface area contributed by atoms with Crippen LogP contribution in [-0.4, -0.2) is 0 Å². The van der Waals surface area contributed by atoms with Gasteiger partial charge in [0.05, 0.1) is 5.69 Å². The molecular weight excluding hydrogens is 295 g/mol. The van der Waals surface area contributed by atoms with Gasteiger partial charge in [-0.1, -0.05) is 6.07 Å². The van der Waals surface area contributed by atoms with E-state index in [4.69, 9.17) is 5.84 Å². The summed E-state index contributed by atoms with van der Waals surface area (Å²) in [5.74, 6) is 5.24. The van der Waals surface area contributed by atoms with Crippen LogP contribution in [0.15, 0.2) is 27.1 Å². The Morgan fingerprint density at radius 1 is 1.18 bits per heavy atom. The number of nitrogen functional groups attached to an aromatic ring is 1. The van der Waals surface area contributed by atoms with Gasteiger partial charge >= 0.3 is 0 Å². The third-order valence-electron chi connectivity index (χ3n) is 1.11. The predicted molar refractivity (Wildman–Crippen MR) is 56.9 cm³/mol. The molecule has 1 aromatic carbocycles. The number of benzene rings is 1. The van der Waals surface area contributed by atoms with E-state index in [1.165, 1.54) is 0 Å². The summed E-state index contributed by atoms with van der Waals surface area (Å²) in [7, 11) is 0. The number of anilines is 1. The number of hydrazine groups is 1. The fourth-order valence-corrected chi connectivity index (χ4v) is 1.86. The van der Waals surface area contributed by atoms with Crippen molar-refractivity contribution < 1.29 is 0 Å². The molecule has 11 heavy (non-hydrogen) atoms.